The number of halogens is 5. The molecule has 3 atom stereocenters. The van der Waals surface area contributed by atoms with Crippen LogP contribution in [0.15, 0.2) is 53.4 Å². The third kappa shape index (κ3) is 3.31. The van der Waals surface area contributed by atoms with Crippen LogP contribution in [0.25, 0.3) is 0 Å². The number of sulfone groups is 1. The topological polar surface area (TPSA) is 52.6 Å². The molecule has 1 unspecified atom stereocenters. The molecule has 4 rings (SSSR count). The summed E-state index contributed by atoms with van der Waals surface area (Å²) in [5.41, 5.74) is -1.47. The molecule has 32 heavy (non-hydrogen) atoms. The molecular formula is C22H19F5O4S. The summed E-state index contributed by atoms with van der Waals surface area (Å²) in [4.78, 5) is -0.423. The Labute approximate surface area is 181 Å². The number of alkyl halides is 3. The standard InChI is InChI=1S/C22H19F5O4S/c1-2-3-18-15-12-31-20-17(24)9-8-16(23)19(20)21(15,10-11-30-18)32(28,29)14-6-4-13(5-7-14)22(25,26)27/h2-9,15,18H,10-12H2,1H3/b3-2+/t15?,18-,21-/m0/s1. The van der Waals surface area contributed by atoms with E-state index in [1.54, 1.807) is 19.1 Å². The van der Waals surface area contributed by atoms with Crippen molar-refractivity contribution in [2.75, 3.05) is 13.2 Å². The van der Waals surface area contributed by atoms with Crippen LogP contribution >= 0.6 is 0 Å². The Bertz CT molecular complexity index is 1160. The Hall–Kier alpha value is -2.46. The summed E-state index contributed by atoms with van der Waals surface area (Å²) in [7, 11) is -4.52. The van der Waals surface area contributed by atoms with E-state index in [2.05, 4.69) is 0 Å². The largest absolute Gasteiger partial charge is 0.490 e. The second kappa shape index (κ2) is 7.84. The predicted octanol–water partition coefficient (Wildman–Crippen LogP) is 5.03. The fraction of sp³-hybridized carbons (Fsp3) is 0.364. The molecule has 1 fully saturated rings. The van der Waals surface area contributed by atoms with Crippen LogP contribution in [0.4, 0.5) is 22.0 Å². The Balaban J connectivity index is 1.98. The van der Waals surface area contributed by atoms with Crippen molar-refractivity contribution >= 4 is 9.84 Å². The van der Waals surface area contributed by atoms with Gasteiger partial charge in [-0.05, 0) is 49.7 Å². The van der Waals surface area contributed by atoms with E-state index in [4.69, 9.17) is 9.47 Å². The number of allylic oxidation sites excluding steroid dienone is 1. The van der Waals surface area contributed by atoms with Crippen LogP contribution in [0.5, 0.6) is 5.75 Å². The zero-order chi connectivity index (χ0) is 23.3. The van der Waals surface area contributed by atoms with Crippen molar-refractivity contribution < 1.29 is 39.8 Å². The fourth-order valence-corrected chi connectivity index (χ4v) is 6.90. The van der Waals surface area contributed by atoms with Gasteiger partial charge in [0, 0.05) is 12.5 Å². The highest BCUT2D eigenvalue weighted by Crippen LogP contribution is 2.55. The summed E-state index contributed by atoms with van der Waals surface area (Å²) in [6, 6.07) is 4.67. The smallest absolute Gasteiger partial charge is 0.416 e. The highest BCUT2D eigenvalue weighted by Gasteiger charge is 2.61. The molecule has 0 N–H and O–H groups in total. The molecule has 0 amide bonds. The number of ether oxygens (including phenoxy) is 2. The zero-order valence-corrected chi connectivity index (χ0v) is 17.6. The quantitative estimate of drug-likeness (QED) is 0.463. The molecule has 0 aliphatic carbocycles. The van der Waals surface area contributed by atoms with Crippen molar-refractivity contribution in [1.29, 1.82) is 0 Å². The molecule has 2 aromatic carbocycles. The minimum absolute atomic E-state index is 0.0826. The summed E-state index contributed by atoms with van der Waals surface area (Å²) in [5, 5.41) is 0. The van der Waals surface area contributed by atoms with Crippen LogP contribution in [-0.4, -0.2) is 27.7 Å². The molecule has 0 aromatic heterocycles. The molecule has 2 aromatic rings. The van der Waals surface area contributed by atoms with Gasteiger partial charge in [0.2, 0.25) is 0 Å². The van der Waals surface area contributed by atoms with Gasteiger partial charge in [0.15, 0.2) is 21.4 Å². The van der Waals surface area contributed by atoms with Crippen molar-refractivity contribution in [3.8, 4) is 5.75 Å². The lowest BCUT2D eigenvalue weighted by molar-refractivity contribution is -0.137. The van der Waals surface area contributed by atoms with Gasteiger partial charge in [-0.15, -0.1) is 0 Å². The average Bonchev–Trinajstić information content (AvgIpc) is 2.75. The number of rotatable bonds is 3. The van der Waals surface area contributed by atoms with Gasteiger partial charge in [0.25, 0.3) is 0 Å². The third-order valence-electron chi connectivity index (χ3n) is 6.02. The van der Waals surface area contributed by atoms with Crippen LogP contribution in [-0.2, 0) is 25.5 Å². The molecule has 2 heterocycles. The summed E-state index contributed by atoms with van der Waals surface area (Å²) in [6.07, 6.45) is -2.41. The van der Waals surface area contributed by atoms with Crippen LogP contribution in [0.1, 0.15) is 24.5 Å². The van der Waals surface area contributed by atoms with Crippen LogP contribution in [0, 0.1) is 17.6 Å². The summed E-state index contributed by atoms with van der Waals surface area (Å²) >= 11 is 0. The van der Waals surface area contributed by atoms with Gasteiger partial charge in [-0.25, -0.2) is 17.2 Å². The van der Waals surface area contributed by atoms with Gasteiger partial charge in [-0.3, -0.25) is 0 Å². The molecule has 0 bridgehead atoms. The minimum atomic E-state index is -4.65. The molecule has 1 saturated heterocycles. The first-order valence-electron chi connectivity index (χ1n) is 9.81. The maximum absolute atomic E-state index is 15.1. The lowest BCUT2D eigenvalue weighted by Crippen LogP contribution is -2.57. The lowest BCUT2D eigenvalue weighted by atomic mass is 9.75. The number of benzene rings is 2. The maximum Gasteiger partial charge on any atom is 0.416 e. The monoisotopic (exact) mass is 474 g/mol. The van der Waals surface area contributed by atoms with Gasteiger partial charge < -0.3 is 9.47 Å². The van der Waals surface area contributed by atoms with Gasteiger partial charge in [0.05, 0.1) is 28.7 Å². The maximum atomic E-state index is 15.1. The highest BCUT2D eigenvalue weighted by molar-refractivity contribution is 7.92. The SMILES string of the molecule is C/C=C/[C@@H]1OCC[C@@]2(S(=O)(=O)c3ccc(C(F)(F)F)cc3)c3c(F)ccc(F)c3OCC12. The van der Waals surface area contributed by atoms with Crippen LogP contribution in [0.3, 0.4) is 0 Å². The van der Waals surface area contributed by atoms with E-state index in [1.807, 2.05) is 0 Å². The first-order valence-corrected chi connectivity index (χ1v) is 11.3. The number of hydrogen-bond acceptors (Lipinski definition) is 4. The lowest BCUT2D eigenvalue weighted by Gasteiger charge is -2.49. The minimum Gasteiger partial charge on any atom is -0.490 e. The number of fused-ring (bicyclic) bond motifs is 3. The second-order valence-corrected chi connectivity index (χ2v) is 9.88. The van der Waals surface area contributed by atoms with E-state index in [0.29, 0.717) is 12.1 Å². The number of hydrogen-bond donors (Lipinski definition) is 0. The van der Waals surface area contributed by atoms with Crippen molar-refractivity contribution in [2.24, 2.45) is 5.92 Å². The molecule has 2 aliphatic rings. The zero-order valence-electron chi connectivity index (χ0n) is 16.8. The van der Waals surface area contributed by atoms with Crippen LogP contribution < -0.4 is 4.74 Å². The summed E-state index contributed by atoms with van der Waals surface area (Å²) < 4.78 is 106. The Morgan fingerprint density at radius 1 is 1.06 bits per heavy atom. The fourth-order valence-electron chi connectivity index (χ4n) is 4.58. The molecule has 0 spiro atoms. The van der Waals surface area contributed by atoms with Gasteiger partial charge >= 0.3 is 6.18 Å². The van der Waals surface area contributed by atoms with E-state index < -0.39 is 66.2 Å². The predicted molar refractivity (Wildman–Crippen MR) is 105 cm³/mol. The van der Waals surface area contributed by atoms with E-state index in [1.165, 1.54) is 0 Å². The average molecular weight is 474 g/mol. The van der Waals surface area contributed by atoms with Crippen molar-refractivity contribution in [3.63, 3.8) is 0 Å². The molecule has 10 heteroatoms. The molecule has 2 aliphatic heterocycles. The van der Waals surface area contributed by atoms with Crippen molar-refractivity contribution in [1.82, 2.24) is 0 Å². The Morgan fingerprint density at radius 2 is 1.72 bits per heavy atom. The Morgan fingerprint density at radius 3 is 2.34 bits per heavy atom. The molecular weight excluding hydrogens is 455 g/mol. The van der Waals surface area contributed by atoms with Crippen molar-refractivity contribution in [3.05, 3.63) is 71.3 Å². The van der Waals surface area contributed by atoms with Crippen molar-refractivity contribution in [2.45, 2.75) is 35.3 Å². The molecule has 0 saturated carbocycles. The van der Waals surface area contributed by atoms with Gasteiger partial charge in [-0.2, -0.15) is 13.2 Å². The van der Waals surface area contributed by atoms with E-state index in [-0.39, 0.29) is 19.6 Å². The normalized spacial score (nSPS) is 25.8. The summed E-state index contributed by atoms with van der Waals surface area (Å²) in [6.45, 7) is 1.34. The molecule has 172 valence electrons. The highest BCUT2D eigenvalue weighted by atomic mass is 32.2. The van der Waals surface area contributed by atoms with E-state index in [0.717, 1.165) is 24.3 Å². The Kier molecular flexibility index (Phi) is 5.57. The third-order valence-corrected chi connectivity index (χ3v) is 8.58. The van der Waals surface area contributed by atoms with Gasteiger partial charge in [0.1, 0.15) is 10.6 Å². The first-order chi connectivity index (χ1) is 15.0. The van der Waals surface area contributed by atoms with Gasteiger partial charge in [-0.1, -0.05) is 12.2 Å². The first kappa shape index (κ1) is 22.7. The van der Waals surface area contributed by atoms with E-state index >= 15 is 4.39 Å². The molecule has 0 radical (unpaired) electrons. The van der Waals surface area contributed by atoms with Crippen LogP contribution in [0.2, 0.25) is 0 Å². The van der Waals surface area contributed by atoms with E-state index in [9.17, 15) is 26.0 Å². The summed E-state index contributed by atoms with van der Waals surface area (Å²) in [5.74, 6) is -3.35. The second-order valence-electron chi connectivity index (χ2n) is 7.68. The molecule has 4 nitrogen and oxygen atoms in total.